The lowest BCUT2D eigenvalue weighted by Gasteiger charge is -1.99. The Morgan fingerprint density at radius 1 is 1.36 bits per heavy atom. The molecule has 0 aromatic carbocycles. The minimum Gasteiger partial charge on any atom is -0.307 e. The fourth-order valence-corrected chi connectivity index (χ4v) is 2.25. The third-order valence-corrected chi connectivity index (χ3v) is 3.17. The van der Waals surface area contributed by atoms with Crippen LogP contribution in [0.15, 0.2) is 23.7 Å². The van der Waals surface area contributed by atoms with Crippen molar-refractivity contribution in [3.05, 3.63) is 35.0 Å². The Hall–Kier alpha value is -1.26. The van der Waals surface area contributed by atoms with E-state index in [9.17, 15) is 0 Å². The average molecular weight is 203 g/mol. The van der Waals surface area contributed by atoms with Crippen LogP contribution in [0, 0.1) is 0 Å². The molecule has 0 saturated heterocycles. The topological polar surface area (TPSA) is 37.8 Å². The van der Waals surface area contributed by atoms with Crippen molar-refractivity contribution in [3.63, 3.8) is 0 Å². The Morgan fingerprint density at radius 2 is 2.36 bits per heavy atom. The van der Waals surface area contributed by atoms with Crippen molar-refractivity contribution < 1.29 is 0 Å². The number of thiophene rings is 1. The van der Waals surface area contributed by atoms with E-state index >= 15 is 0 Å². The molecule has 2 aromatic rings. The predicted octanol–water partition coefficient (Wildman–Crippen LogP) is 1.81. The Kier molecular flexibility index (Phi) is 1.82. The maximum absolute atomic E-state index is 4.53. The normalized spacial score (nSPS) is 14.3. The second-order valence-corrected chi connectivity index (χ2v) is 4.19. The van der Waals surface area contributed by atoms with Gasteiger partial charge in [0.1, 0.15) is 0 Å². The van der Waals surface area contributed by atoms with Crippen LogP contribution >= 0.6 is 11.3 Å². The molecule has 0 aliphatic carbocycles. The summed E-state index contributed by atoms with van der Waals surface area (Å²) in [7, 11) is 0. The van der Waals surface area contributed by atoms with Crippen LogP contribution < -0.4 is 5.32 Å². The molecule has 0 unspecified atom stereocenters. The number of hydrogen-bond donors (Lipinski definition) is 1. The summed E-state index contributed by atoms with van der Waals surface area (Å²) in [5.74, 6) is 0.849. The molecular weight excluding hydrogens is 194 g/mol. The minimum absolute atomic E-state index is 0.849. The van der Waals surface area contributed by atoms with Gasteiger partial charge in [0.25, 0.3) is 0 Å². The monoisotopic (exact) mass is 203 g/mol. The highest BCUT2D eigenvalue weighted by Crippen LogP contribution is 2.22. The highest BCUT2D eigenvalue weighted by atomic mass is 32.1. The van der Waals surface area contributed by atoms with E-state index in [1.54, 1.807) is 11.3 Å². The molecule has 4 heteroatoms. The number of hydrogen-bond acceptors (Lipinski definition) is 4. The lowest BCUT2D eigenvalue weighted by atomic mass is 10.3. The molecule has 2 aromatic heterocycles. The zero-order valence-electron chi connectivity index (χ0n) is 7.53. The van der Waals surface area contributed by atoms with Crippen LogP contribution in [0.5, 0.6) is 0 Å². The zero-order chi connectivity index (χ0) is 9.38. The van der Waals surface area contributed by atoms with Crippen molar-refractivity contribution in [2.75, 3.05) is 0 Å². The summed E-state index contributed by atoms with van der Waals surface area (Å²) < 4.78 is 0. The molecule has 14 heavy (non-hydrogen) atoms. The van der Waals surface area contributed by atoms with E-state index in [0.717, 1.165) is 29.5 Å². The summed E-state index contributed by atoms with van der Waals surface area (Å²) in [6.45, 7) is 1.77. The molecule has 0 amide bonds. The summed E-state index contributed by atoms with van der Waals surface area (Å²) in [6.07, 6.45) is 1.93. The summed E-state index contributed by atoms with van der Waals surface area (Å²) in [5.41, 5.74) is 2.37. The van der Waals surface area contributed by atoms with Gasteiger partial charge in [-0.3, -0.25) is 0 Å². The van der Waals surface area contributed by atoms with Gasteiger partial charge >= 0.3 is 0 Å². The summed E-state index contributed by atoms with van der Waals surface area (Å²) in [6, 6.07) is 4.07. The van der Waals surface area contributed by atoms with Crippen LogP contribution in [0.25, 0.3) is 10.7 Å². The van der Waals surface area contributed by atoms with Crippen molar-refractivity contribution in [3.8, 4) is 10.7 Å². The van der Waals surface area contributed by atoms with Crippen LogP contribution in [0.3, 0.4) is 0 Å². The average Bonchev–Trinajstić information content (AvgIpc) is 2.88. The Balaban J connectivity index is 2.09. The molecule has 3 rings (SSSR count). The highest BCUT2D eigenvalue weighted by Gasteiger charge is 2.13. The number of rotatable bonds is 1. The SMILES string of the molecule is c1csc(-c2ncc3c(n2)CNC3)c1. The van der Waals surface area contributed by atoms with Gasteiger partial charge in [0, 0.05) is 24.8 Å². The second kappa shape index (κ2) is 3.15. The zero-order valence-corrected chi connectivity index (χ0v) is 8.34. The number of aromatic nitrogens is 2. The molecule has 1 aliphatic heterocycles. The Labute approximate surface area is 85.8 Å². The van der Waals surface area contributed by atoms with Crippen LogP contribution in [-0.2, 0) is 13.1 Å². The van der Waals surface area contributed by atoms with Crippen molar-refractivity contribution in [1.82, 2.24) is 15.3 Å². The summed E-state index contributed by atoms with van der Waals surface area (Å²) in [4.78, 5) is 10.0. The van der Waals surface area contributed by atoms with Gasteiger partial charge in [-0.05, 0) is 11.4 Å². The molecular formula is C10H9N3S. The van der Waals surface area contributed by atoms with Crippen LogP contribution in [0.4, 0.5) is 0 Å². The molecule has 0 spiro atoms. The summed E-state index contributed by atoms with van der Waals surface area (Å²) >= 11 is 1.68. The van der Waals surface area contributed by atoms with Gasteiger partial charge in [0.2, 0.25) is 0 Å². The maximum Gasteiger partial charge on any atom is 0.169 e. The third-order valence-electron chi connectivity index (χ3n) is 2.30. The molecule has 0 bridgehead atoms. The van der Waals surface area contributed by atoms with E-state index in [-0.39, 0.29) is 0 Å². The van der Waals surface area contributed by atoms with Crippen molar-refractivity contribution in [1.29, 1.82) is 0 Å². The molecule has 70 valence electrons. The lowest BCUT2D eigenvalue weighted by Crippen LogP contribution is -2.00. The largest absolute Gasteiger partial charge is 0.307 e. The Morgan fingerprint density at radius 3 is 3.21 bits per heavy atom. The fourth-order valence-electron chi connectivity index (χ4n) is 1.58. The van der Waals surface area contributed by atoms with Gasteiger partial charge in [0.05, 0.1) is 10.6 Å². The first kappa shape index (κ1) is 8.08. The van der Waals surface area contributed by atoms with Gasteiger partial charge in [0.15, 0.2) is 5.82 Å². The molecule has 0 atom stereocenters. The first-order valence-corrected chi connectivity index (χ1v) is 5.41. The standard InChI is InChI=1S/C10H9N3S/c1-2-9(14-3-1)10-12-5-7-4-11-6-8(7)13-10/h1-3,5,11H,4,6H2. The quantitative estimate of drug-likeness (QED) is 0.768. The molecule has 0 fully saturated rings. The highest BCUT2D eigenvalue weighted by molar-refractivity contribution is 7.13. The van der Waals surface area contributed by atoms with E-state index in [0.29, 0.717) is 0 Å². The maximum atomic E-state index is 4.53. The first-order valence-electron chi connectivity index (χ1n) is 4.53. The minimum atomic E-state index is 0.849. The number of nitrogens with one attached hydrogen (secondary N) is 1. The molecule has 1 N–H and O–H groups in total. The van der Waals surface area contributed by atoms with Crippen molar-refractivity contribution in [2.45, 2.75) is 13.1 Å². The van der Waals surface area contributed by atoms with Gasteiger partial charge in [-0.15, -0.1) is 11.3 Å². The van der Waals surface area contributed by atoms with Crippen molar-refractivity contribution in [2.24, 2.45) is 0 Å². The molecule has 3 heterocycles. The lowest BCUT2D eigenvalue weighted by molar-refractivity contribution is 0.758. The first-order chi connectivity index (χ1) is 6.93. The van der Waals surface area contributed by atoms with E-state index in [4.69, 9.17) is 0 Å². The van der Waals surface area contributed by atoms with Crippen molar-refractivity contribution >= 4 is 11.3 Å². The number of fused-ring (bicyclic) bond motifs is 1. The Bertz CT molecular complexity index is 450. The van der Waals surface area contributed by atoms with Crippen LogP contribution in [-0.4, -0.2) is 9.97 Å². The molecule has 1 aliphatic rings. The van der Waals surface area contributed by atoms with E-state index < -0.39 is 0 Å². The third kappa shape index (κ3) is 1.23. The van der Waals surface area contributed by atoms with Gasteiger partial charge in [-0.1, -0.05) is 6.07 Å². The smallest absolute Gasteiger partial charge is 0.169 e. The van der Waals surface area contributed by atoms with Gasteiger partial charge in [-0.2, -0.15) is 0 Å². The molecule has 0 radical (unpaired) electrons. The van der Waals surface area contributed by atoms with Gasteiger partial charge < -0.3 is 5.32 Å². The second-order valence-electron chi connectivity index (χ2n) is 3.25. The predicted molar refractivity (Wildman–Crippen MR) is 55.9 cm³/mol. The summed E-state index contributed by atoms with van der Waals surface area (Å²) in [5, 5.41) is 5.31. The molecule has 3 nitrogen and oxygen atoms in total. The number of nitrogens with zero attached hydrogens (tertiary/aromatic N) is 2. The fraction of sp³-hybridized carbons (Fsp3) is 0.200. The van der Waals surface area contributed by atoms with E-state index in [2.05, 4.69) is 21.4 Å². The van der Waals surface area contributed by atoms with Crippen LogP contribution in [0.1, 0.15) is 11.3 Å². The molecule has 0 saturated carbocycles. The van der Waals surface area contributed by atoms with E-state index in [1.165, 1.54) is 5.56 Å². The van der Waals surface area contributed by atoms with Gasteiger partial charge in [-0.25, -0.2) is 9.97 Å². The van der Waals surface area contributed by atoms with E-state index in [1.807, 2.05) is 17.6 Å². The van der Waals surface area contributed by atoms with Crippen LogP contribution in [0.2, 0.25) is 0 Å².